The number of esters is 4. The summed E-state index contributed by atoms with van der Waals surface area (Å²) in [6.45, 7) is 9.70. The zero-order valence-corrected chi connectivity index (χ0v) is 70.1. The van der Waals surface area contributed by atoms with Crippen molar-refractivity contribution in [2.24, 2.45) is 11.8 Å². The van der Waals surface area contributed by atoms with Crippen LogP contribution in [0.2, 0.25) is 0 Å². The van der Waals surface area contributed by atoms with E-state index < -0.39 is 97.5 Å². The van der Waals surface area contributed by atoms with Crippen molar-refractivity contribution in [3.8, 4) is 0 Å². The highest BCUT2D eigenvalue weighted by Gasteiger charge is 2.30. The molecule has 17 nitrogen and oxygen atoms in total. The van der Waals surface area contributed by atoms with Crippen LogP contribution in [0.15, 0.2) is 0 Å². The summed E-state index contributed by atoms with van der Waals surface area (Å²) in [4.78, 5) is 73.0. The Morgan fingerprint density at radius 1 is 0.260 bits per heavy atom. The average Bonchev–Trinajstić information content (AvgIpc) is 0.924. The zero-order chi connectivity index (χ0) is 76.4. The number of hydrogen-bond donors (Lipinski definition) is 3. The van der Waals surface area contributed by atoms with Gasteiger partial charge in [-0.3, -0.25) is 37.3 Å². The molecule has 618 valence electrons. The fourth-order valence-electron chi connectivity index (χ4n) is 13.2. The molecule has 104 heavy (non-hydrogen) atoms. The van der Waals surface area contributed by atoms with E-state index in [1.807, 2.05) is 0 Å². The van der Waals surface area contributed by atoms with Crippen LogP contribution in [0.5, 0.6) is 0 Å². The molecule has 2 unspecified atom stereocenters. The van der Waals surface area contributed by atoms with Crippen molar-refractivity contribution in [1.29, 1.82) is 0 Å². The lowest BCUT2D eigenvalue weighted by Gasteiger charge is -2.21. The van der Waals surface area contributed by atoms with Crippen LogP contribution in [0, 0.1) is 11.8 Å². The van der Waals surface area contributed by atoms with Gasteiger partial charge in [0.05, 0.1) is 26.4 Å². The summed E-state index contributed by atoms with van der Waals surface area (Å²) >= 11 is 0. The third-order valence-electron chi connectivity index (χ3n) is 20.0. The summed E-state index contributed by atoms with van der Waals surface area (Å²) in [6, 6.07) is 0. The van der Waals surface area contributed by atoms with Gasteiger partial charge in [0.25, 0.3) is 0 Å². The van der Waals surface area contributed by atoms with Gasteiger partial charge in [-0.05, 0) is 37.5 Å². The molecule has 0 amide bonds. The number of ether oxygens (including phenoxy) is 4. The van der Waals surface area contributed by atoms with Gasteiger partial charge in [-0.15, -0.1) is 0 Å². The van der Waals surface area contributed by atoms with Gasteiger partial charge >= 0.3 is 39.5 Å². The summed E-state index contributed by atoms with van der Waals surface area (Å²) in [5.41, 5.74) is 0. The fraction of sp³-hybridized carbons (Fsp3) is 0.953. The molecule has 5 atom stereocenters. The summed E-state index contributed by atoms with van der Waals surface area (Å²) in [5.74, 6) is -0.464. The van der Waals surface area contributed by atoms with Gasteiger partial charge < -0.3 is 33.8 Å². The molecule has 0 saturated carbocycles. The van der Waals surface area contributed by atoms with Gasteiger partial charge in [0.1, 0.15) is 19.3 Å². The first-order chi connectivity index (χ1) is 50.4. The Balaban J connectivity index is 5.16. The van der Waals surface area contributed by atoms with Gasteiger partial charge in [0.2, 0.25) is 0 Å². The quantitative estimate of drug-likeness (QED) is 0.0222. The van der Waals surface area contributed by atoms with Crippen LogP contribution < -0.4 is 0 Å². The molecule has 0 aromatic carbocycles. The number of hydrogen-bond acceptors (Lipinski definition) is 15. The number of aliphatic hydroxyl groups is 1. The molecule has 0 spiro atoms. The molecule has 0 aliphatic rings. The second kappa shape index (κ2) is 76.4. The fourth-order valence-corrected chi connectivity index (χ4v) is 14.8. The molecule has 0 saturated heterocycles. The molecule has 0 heterocycles. The Bertz CT molecular complexity index is 1990. The van der Waals surface area contributed by atoms with Crippen LogP contribution in [-0.2, 0) is 65.4 Å². The number of aliphatic hydroxyl groups excluding tert-OH is 1. The van der Waals surface area contributed by atoms with Crippen LogP contribution in [0.3, 0.4) is 0 Å². The number of phosphoric ester groups is 2. The van der Waals surface area contributed by atoms with Crippen molar-refractivity contribution >= 4 is 39.5 Å². The molecular formula is C85H166O17P2. The van der Waals surface area contributed by atoms with E-state index in [2.05, 4.69) is 41.5 Å². The second-order valence-corrected chi connectivity index (χ2v) is 34.4. The molecule has 0 bridgehead atoms. The molecule has 0 aromatic rings. The Morgan fingerprint density at radius 2 is 0.442 bits per heavy atom. The number of unbranched alkanes of at least 4 members (excludes halogenated alkanes) is 54. The van der Waals surface area contributed by atoms with E-state index in [-0.39, 0.29) is 25.7 Å². The zero-order valence-electron chi connectivity index (χ0n) is 68.3. The van der Waals surface area contributed by atoms with Gasteiger partial charge in [0.15, 0.2) is 12.2 Å². The lowest BCUT2D eigenvalue weighted by atomic mass is 10.0. The lowest BCUT2D eigenvalue weighted by Crippen LogP contribution is -2.30. The Labute approximate surface area is 638 Å². The van der Waals surface area contributed by atoms with Crippen LogP contribution in [0.25, 0.3) is 0 Å². The molecule has 0 rings (SSSR count). The third kappa shape index (κ3) is 78.2. The number of carbonyl (C=O) groups is 4. The maximum absolute atomic E-state index is 13.1. The minimum atomic E-state index is -4.96. The summed E-state index contributed by atoms with van der Waals surface area (Å²) in [6.07, 6.45) is 68.3. The van der Waals surface area contributed by atoms with E-state index in [0.717, 1.165) is 115 Å². The molecule has 0 radical (unpaired) electrons. The third-order valence-corrected chi connectivity index (χ3v) is 21.9. The molecule has 0 aliphatic carbocycles. The average molecular weight is 1520 g/mol. The molecule has 19 heteroatoms. The SMILES string of the molecule is CCCCCCCCCCCCCCCCCC(=O)O[C@H](COC(=O)CCCCCCCCC)COP(=O)(O)OC[C@H](O)COP(=O)(O)OC[C@@H](COC(=O)CCCCCCCCCCCCCCCCCCCCC(C)C)OC(=O)CCCCCCCCCCCCCCCCCCCCC(C)C. The molecule has 0 aliphatic heterocycles. The van der Waals surface area contributed by atoms with Gasteiger partial charge in [-0.2, -0.15) is 0 Å². The van der Waals surface area contributed by atoms with Crippen molar-refractivity contribution < 1.29 is 80.2 Å². The van der Waals surface area contributed by atoms with E-state index in [1.165, 1.54) is 257 Å². The topological polar surface area (TPSA) is 237 Å². The van der Waals surface area contributed by atoms with Crippen LogP contribution in [0.1, 0.15) is 452 Å². The molecule has 3 N–H and O–H groups in total. The minimum absolute atomic E-state index is 0.108. The highest BCUT2D eigenvalue weighted by Crippen LogP contribution is 2.45. The van der Waals surface area contributed by atoms with E-state index in [0.29, 0.717) is 25.7 Å². The van der Waals surface area contributed by atoms with Crippen molar-refractivity contribution in [3.05, 3.63) is 0 Å². The standard InChI is InChI=1S/C85H166O17P2/c1-7-9-11-13-15-16-17-18-27-35-40-45-51-57-63-69-84(89)101-80(73-95-82(87)67-61-55-47-14-12-10-8-2)75-99-103(91,92)97-71-79(86)72-98-104(93,94)100-76-81(102-85(90)70-64-58-52-46-41-36-31-26-22-20-24-29-33-38-43-49-54-60-66-78(5)6)74-96-83(88)68-62-56-50-44-39-34-30-25-21-19-23-28-32-37-42-48-53-59-65-77(3)4/h77-81,86H,7-76H2,1-6H3,(H,91,92)(H,93,94)/t79-,80+,81+/m0/s1. The summed E-state index contributed by atoms with van der Waals surface area (Å²) in [5, 5.41) is 10.6. The van der Waals surface area contributed by atoms with Crippen molar-refractivity contribution in [2.75, 3.05) is 39.6 Å². The van der Waals surface area contributed by atoms with Gasteiger partial charge in [-0.25, -0.2) is 9.13 Å². The predicted molar refractivity (Wildman–Crippen MR) is 428 cm³/mol. The van der Waals surface area contributed by atoms with E-state index >= 15 is 0 Å². The second-order valence-electron chi connectivity index (χ2n) is 31.5. The van der Waals surface area contributed by atoms with Crippen LogP contribution in [0.4, 0.5) is 0 Å². The van der Waals surface area contributed by atoms with Gasteiger partial charge in [0, 0.05) is 25.7 Å². The number of phosphoric acid groups is 2. The first-order valence-corrected chi connectivity index (χ1v) is 47.0. The maximum atomic E-state index is 13.1. The van der Waals surface area contributed by atoms with E-state index in [4.69, 9.17) is 37.0 Å². The monoisotopic (exact) mass is 1520 g/mol. The van der Waals surface area contributed by atoms with Crippen LogP contribution >= 0.6 is 15.6 Å². The first-order valence-electron chi connectivity index (χ1n) is 44.0. The normalized spacial score (nSPS) is 13.8. The van der Waals surface area contributed by atoms with E-state index in [1.54, 1.807) is 0 Å². The summed E-state index contributed by atoms with van der Waals surface area (Å²) < 4.78 is 68.7. The molecule has 0 aromatic heterocycles. The Kier molecular flexibility index (Phi) is 75.0. The Hall–Kier alpha value is -1.94. The van der Waals surface area contributed by atoms with E-state index in [9.17, 15) is 43.2 Å². The van der Waals surface area contributed by atoms with Crippen molar-refractivity contribution in [1.82, 2.24) is 0 Å². The first kappa shape index (κ1) is 102. The number of carbonyl (C=O) groups excluding carboxylic acids is 4. The van der Waals surface area contributed by atoms with Crippen LogP contribution in [-0.4, -0.2) is 96.7 Å². The smallest absolute Gasteiger partial charge is 0.462 e. The minimum Gasteiger partial charge on any atom is -0.462 e. The van der Waals surface area contributed by atoms with Gasteiger partial charge in [-0.1, -0.05) is 401 Å². The Morgan fingerprint density at radius 3 is 0.654 bits per heavy atom. The van der Waals surface area contributed by atoms with Crippen molar-refractivity contribution in [2.45, 2.75) is 471 Å². The largest absolute Gasteiger partial charge is 0.472 e. The van der Waals surface area contributed by atoms with Crippen molar-refractivity contribution in [3.63, 3.8) is 0 Å². The summed E-state index contributed by atoms with van der Waals surface area (Å²) in [7, 11) is -9.92. The predicted octanol–water partition coefficient (Wildman–Crippen LogP) is 25.8. The highest BCUT2D eigenvalue weighted by atomic mass is 31.2. The highest BCUT2D eigenvalue weighted by molar-refractivity contribution is 7.47. The molecule has 0 fully saturated rings. The number of rotatable bonds is 84. The maximum Gasteiger partial charge on any atom is 0.472 e. The lowest BCUT2D eigenvalue weighted by molar-refractivity contribution is -0.161. The molecular weight excluding hydrogens is 1350 g/mol.